The summed E-state index contributed by atoms with van der Waals surface area (Å²) >= 11 is 0. The van der Waals surface area contributed by atoms with E-state index in [1.165, 1.54) is 19.5 Å². The minimum absolute atomic E-state index is 0.00366. The monoisotopic (exact) mass is 303 g/mol. The minimum Gasteiger partial charge on any atom is -0.352 e. The summed E-state index contributed by atoms with van der Waals surface area (Å²) in [5, 5.41) is 3.00. The molecule has 1 fully saturated rings. The number of rotatable bonds is 6. The Balaban J connectivity index is 1.68. The van der Waals surface area contributed by atoms with E-state index in [-0.39, 0.29) is 5.91 Å². The molecule has 0 aliphatic carbocycles. The third-order valence-corrected chi connectivity index (χ3v) is 4.33. The van der Waals surface area contributed by atoms with Crippen molar-refractivity contribution in [1.82, 2.24) is 10.2 Å². The second-order valence-corrected chi connectivity index (χ2v) is 6.72. The molecule has 1 aliphatic rings. The number of amides is 1. The van der Waals surface area contributed by atoms with Crippen molar-refractivity contribution in [3.05, 3.63) is 35.4 Å². The highest BCUT2D eigenvalue weighted by Crippen LogP contribution is 2.20. The van der Waals surface area contributed by atoms with Crippen LogP contribution in [0, 0.1) is 11.8 Å². The van der Waals surface area contributed by atoms with Crippen LogP contribution in [0.4, 0.5) is 0 Å². The summed E-state index contributed by atoms with van der Waals surface area (Å²) in [7, 11) is 0. The minimum atomic E-state index is 0.00366. The molecule has 2 rings (SSSR count). The van der Waals surface area contributed by atoms with Gasteiger partial charge in [-0.25, -0.2) is 0 Å². The Kier molecular flexibility index (Phi) is 6.40. The van der Waals surface area contributed by atoms with Gasteiger partial charge in [-0.1, -0.05) is 26.0 Å². The van der Waals surface area contributed by atoms with E-state index in [4.69, 9.17) is 5.73 Å². The van der Waals surface area contributed by atoms with E-state index < -0.39 is 0 Å². The lowest BCUT2D eigenvalue weighted by Gasteiger charge is -2.34. The van der Waals surface area contributed by atoms with Gasteiger partial charge in [0.05, 0.1) is 0 Å². The normalized spacial score (nSPS) is 22.5. The van der Waals surface area contributed by atoms with Crippen LogP contribution in [0.3, 0.4) is 0 Å². The zero-order chi connectivity index (χ0) is 15.9. The fourth-order valence-corrected chi connectivity index (χ4v) is 3.37. The zero-order valence-corrected chi connectivity index (χ0v) is 13.8. The third-order valence-electron chi connectivity index (χ3n) is 4.33. The van der Waals surface area contributed by atoms with Crippen molar-refractivity contribution in [3.63, 3.8) is 0 Å². The highest BCUT2D eigenvalue weighted by Gasteiger charge is 2.21. The summed E-state index contributed by atoms with van der Waals surface area (Å²) in [6.45, 7) is 9.36. The maximum absolute atomic E-state index is 12.0. The molecule has 22 heavy (non-hydrogen) atoms. The summed E-state index contributed by atoms with van der Waals surface area (Å²) < 4.78 is 0. The predicted molar refractivity (Wildman–Crippen MR) is 90.7 cm³/mol. The van der Waals surface area contributed by atoms with Crippen molar-refractivity contribution in [3.8, 4) is 0 Å². The molecule has 1 heterocycles. The van der Waals surface area contributed by atoms with Crippen LogP contribution in [0.25, 0.3) is 0 Å². The fraction of sp³-hybridized carbons (Fsp3) is 0.611. The molecule has 0 aromatic heterocycles. The Morgan fingerprint density at radius 3 is 2.45 bits per heavy atom. The maximum Gasteiger partial charge on any atom is 0.251 e. The Labute approximate surface area is 134 Å². The number of carbonyl (C=O) groups excluding carboxylic acids is 1. The van der Waals surface area contributed by atoms with Gasteiger partial charge < -0.3 is 16.0 Å². The smallest absolute Gasteiger partial charge is 0.251 e. The van der Waals surface area contributed by atoms with E-state index in [0.717, 1.165) is 36.9 Å². The molecule has 1 saturated heterocycles. The van der Waals surface area contributed by atoms with Crippen LogP contribution < -0.4 is 11.1 Å². The van der Waals surface area contributed by atoms with Crippen molar-refractivity contribution < 1.29 is 4.79 Å². The first-order valence-electron chi connectivity index (χ1n) is 8.38. The molecule has 2 atom stereocenters. The molecule has 1 amide bonds. The number of hydrogen-bond donors (Lipinski definition) is 2. The first kappa shape index (κ1) is 17.0. The van der Waals surface area contributed by atoms with E-state index in [1.807, 2.05) is 24.3 Å². The summed E-state index contributed by atoms with van der Waals surface area (Å²) in [5.41, 5.74) is 7.31. The summed E-state index contributed by atoms with van der Waals surface area (Å²) in [6, 6.07) is 7.49. The van der Waals surface area contributed by atoms with Crippen LogP contribution in [-0.2, 0) is 6.54 Å². The van der Waals surface area contributed by atoms with Gasteiger partial charge in [-0.3, -0.25) is 4.79 Å². The van der Waals surface area contributed by atoms with Gasteiger partial charge in [0.2, 0.25) is 0 Å². The lowest BCUT2D eigenvalue weighted by atomic mass is 9.92. The van der Waals surface area contributed by atoms with E-state index in [0.29, 0.717) is 12.1 Å². The zero-order valence-electron chi connectivity index (χ0n) is 13.8. The highest BCUT2D eigenvalue weighted by molar-refractivity contribution is 5.94. The Morgan fingerprint density at radius 2 is 1.86 bits per heavy atom. The molecule has 0 saturated carbocycles. The Hall–Kier alpha value is -1.39. The SMILES string of the molecule is CC1CC(C)CN(CCCNC(=O)c2ccc(CN)cc2)C1. The first-order valence-corrected chi connectivity index (χ1v) is 8.38. The van der Waals surface area contributed by atoms with E-state index >= 15 is 0 Å². The molecular weight excluding hydrogens is 274 g/mol. The molecule has 0 spiro atoms. The van der Waals surface area contributed by atoms with Gasteiger partial charge in [0.1, 0.15) is 0 Å². The molecule has 0 bridgehead atoms. The van der Waals surface area contributed by atoms with Crippen molar-refractivity contribution in [2.75, 3.05) is 26.2 Å². The number of nitrogens with zero attached hydrogens (tertiary/aromatic N) is 1. The van der Waals surface area contributed by atoms with Crippen LogP contribution in [-0.4, -0.2) is 37.0 Å². The average Bonchev–Trinajstić information content (AvgIpc) is 2.50. The maximum atomic E-state index is 12.0. The topological polar surface area (TPSA) is 58.4 Å². The molecule has 122 valence electrons. The van der Waals surface area contributed by atoms with Gasteiger partial charge >= 0.3 is 0 Å². The summed E-state index contributed by atoms with van der Waals surface area (Å²) in [4.78, 5) is 14.6. The van der Waals surface area contributed by atoms with E-state index in [1.54, 1.807) is 0 Å². The number of piperidine rings is 1. The molecular formula is C18H29N3O. The quantitative estimate of drug-likeness (QED) is 0.792. The number of hydrogen-bond acceptors (Lipinski definition) is 3. The summed E-state index contributed by atoms with van der Waals surface area (Å²) in [6.07, 6.45) is 2.35. The van der Waals surface area contributed by atoms with Crippen LogP contribution in [0.15, 0.2) is 24.3 Å². The molecule has 1 aromatic rings. The van der Waals surface area contributed by atoms with Crippen molar-refractivity contribution >= 4 is 5.91 Å². The predicted octanol–water partition coefficient (Wildman–Crippen LogP) is 2.24. The number of nitrogens with one attached hydrogen (secondary N) is 1. The average molecular weight is 303 g/mol. The van der Waals surface area contributed by atoms with E-state index in [9.17, 15) is 4.79 Å². The van der Waals surface area contributed by atoms with Gasteiger partial charge in [0.15, 0.2) is 0 Å². The van der Waals surface area contributed by atoms with Gasteiger partial charge in [0, 0.05) is 31.7 Å². The molecule has 4 heteroatoms. The van der Waals surface area contributed by atoms with Gasteiger partial charge in [-0.05, 0) is 48.9 Å². The van der Waals surface area contributed by atoms with E-state index in [2.05, 4.69) is 24.1 Å². The van der Waals surface area contributed by atoms with Crippen LogP contribution in [0.2, 0.25) is 0 Å². The standard InChI is InChI=1S/C18H29N3O/c1-14-10-15(2)13-21(12-14)9-3-8-20-18(22)17-6-4-16(11-19)5-7-17/h4-7,14-15H,3,8-13,19H2,1-2H3,(H,20,22). The molecule has 2 unspecified atom stereocenters. The fourth-order valence-electron chi connectivity index (χ4n) is 3.37. The number of likely N-dealkylation sites (tertiary alicyclic amines) is 1. The van der Waals surface area contributed by atoms with Crippen molar-refractivity contribution in [1.29, 1.82) is 0 Å². The first-order chi connectivity index (χ1) is 10.6. The van der Waals surface area contributed by atoms with Crippen LogP contribution >= 0.6 is 0 Å². The second kappa shape index (κ2) is 8.30. The Morgan fingerprint density at radius 1 is 1.23 bits per heavy atom. The van der Waals surface area contributed by atoms with Crippen LogP contribution in [0.5, 0.6) is 0 Å². The van der Waals surface area contributed by atoms with Crippen molar-refractivity contribution in [2.45, 2.75) is 33.2 Å². The lowest BCUT2D eigenvalue weighted by Crippen LogP contribution is -2.40. The van der Waals surface area contributed by atoms with Gasteiger partial charge in [0.25, 0.3) is 5.91 Å². The van der Waals surface area contributed by atoms with Gasteiger partial charge in [-0.15, -0.1) is 0 Å². The molecule has 4 nitrogen and oxygen atoms in total. The number of carbonyl (C=O) groups is 1. The van der Waals surface area contributed by atoms with Crippen LogP contribution in [0.1, 0.15) is 42.6 Å². The lowest BCUT2D eigenvalue weighted by molar-refractivity contribution is 0.0947. The third kappa shape index (κ3) is 5.11. The van der Waals surface area contributed by atoms with Crippen molar-refractivity contribution in [2.24, 2.45) is 17.6 Å². The molecule has 0 radical (unpaired) electrons. The molecule has 1 aromatic carbocycles. The highest BCUT2D eigenvalue weighted by atomic mass is 16.1. The number of benzene rings is 1. The molecule has 1 aliphatic heterocycles. The second-order valence-electron chi connectivity index (χ2n) is 6.72. The summed E-state index contributed by atoms with van der Waals surface area (Å²) in [5.74, 6) is 1.59. The van der Waals surface area contributed by atoms with Gasteiger partial charge in [-0.2, -0.15) is 0 Å². The largest absolute Gasteiger partial charge is 0.352 e. The molecule has 3 N–H and O–H groups in total. The number of nitrogens with two attached hydrogens (primary N) is 1. The Bertz CT molecular complexity index is 462.